The minimum absolute atomic E-state index is 0. The summed E-state index contributed by atoms with van der Waals surface area (Å²) in [5, 5.41) is 0. The minimum Gasteiger partial charge on any atom is -0.330 e. The van der Waals surface area contributed by atoms with Crippen LogP contribution in [0.4, 0.5) is 4.39 Å². The van der Waals surface area contributed by atoms with Gasteiger partial charge in [-0.3, -0.25) is 9.88 Å². The number of hydrogen-bond acceptors (Lipinski definition) is 3. The zero-order valence-electron chi connectivity index (χ0n) is 15.7. The first-order chi connectivity index (χ1) is 13.2. The molecule has 1 fully saturated rings. The fourth-order valence-corrected chi connectivity index (χ4v) is 4.05. The van der Waals surface area contributed by atoms with Gasteiger partial charge in [0.15, 0.2) is 0 Å². The monoisotopic (exact) mass is 397 g/mol. The SMILES string of the molecule is Cl.NC[C@@H]1CN(Cc2ccc(-c3ccncc3)cc2F)C[C@H]1c1ccccc1. The van der Waals surface area contributed by atoms with E-state index in [4.69, 9.17) is 5.73 Å². The predicted molar refractivity (Wildman–Crippen MR) is 114 cm³/mol. The molecule has 1 aromatic heterocycles. The number of aromatic nitrogens is 1. The predicted octanol–water partition coefficient (Wildman–Crippen LogP) is 4.48. The Labute approximate surface area is 171 Å². The molecule has 0 bridgehead atoms. The molecule has 2 aromatic carbocycles. The second-order valence-corrected chi connectivity index (χ2v) is 7.25. The highest BCUT2D eigenvalue weighted by Crippen LogP contribution is 2.33. The van der Waals surface area contributed by atoms with Gasteiger partial charge in [-0.1, -0.05) is 42.5 Å². The summed E-state index contributed by atoms with van der Waals surface area (Å²) in [6, 6.07) is 19.8. The summed E-state index contributed by atoms with van der Waals surface area (Å²) >= 11 is 0. The fourth-order valence-electron chi connectivity index (χ4n) is 4.05. The molecule has 0 unspecified atom stereocenters. The molecule has 28 heavy (non-hydrogen) atoms. The van der Waals surface area contributed by atoms with Crippen molar-refractivity contribution in [2.45, 2.75) is 12.5 Å². The maximum atomic E-state index is 14.7. The van der Waals surface area contributed by atoms with Crippen molar-refractivity contribution in [3.8, 4) is 11.1 Å². The molecule has 5 heteroatoms. The van der Waals surface area contributed by atoms with Crippen LogP contribution in [0.1, 0.15) is 17.0 Å². The van der Waals surface area contributed by atoms with Gasteiger partial charge in [0.05, 0.1) is 0 Å². The molecule has 0 spiro atoms. The Balaban J connectivity index is 0.00000225. The molecule has 0 radical (unpaired) electrons. The molecule has 0 saturated carbocycles. The lowest BCUT2D eigenvalue weighted by atomic mass is 9.89. The van der Waals surface area contributed by atoms with Gasteiger partial charge in [0.25, 0.3) is 0 Å². The van der Waals surface area contributed by atoms with Gasteiger partial charge in [0.1, 0.15) is 5.82 Å². The van der Waals surface area contributed by atoms with Crippen LogP contribution in [0.5, 0.6) is 0 Å². The van der Waals surface area contributed by atoms with Crippen LogP contribution in [-0.2, 0) is 6.54 Å². The van der Waals surface area contributed by atoms with E-state index in [-0.39, 0.29) is 18.2 Å². The quantitative estimate of drug-likeness (QED) is 0.690. The molecule has 2 atom stereocenters. The average Bonchev–Trinajstić information content (AvgIpc) is 3.14. The third-order valence-electron chi connectivity index (χ3n) is 5.51. The number of benzene rings is 2. The average molecular weight is 398 g/mol. The zero-order valence-corrected chi connectivity index (χ0v) is 16.5. The van der Waals surface area contributed by atoms with E-state index in [1.165, 1.54) is 5.56 Å². The lowest BCUT2D eigenvalue weighted by Gasteiger charge is -2.17. The molecule has 0 aliphatic carbocycles. The maximum absolute atomic E-state index is 14.7. The van der Waals surface area contributed by atoms with E-state index in [0.717, 1.165) is 29.8 Å². The van der Waals surface area contributed by atoms with Crippen LogP contribution in [0.3, 0.4) is 0 Å². The maximum Gasteiger partial charge on any atom is 0.128 e. The first kappa shape index (κ1) is 20.5. The van der Waals surface area contributed by atoms with Gasteiger partial charge in [-0.05, 0) is 47.4 Å². The molecule has 1 aliphatic rings. The van der Waals surface area contributed by atoms with Crippen LogP contribution in [0, 0.1) is 11.7 Å². The van der Waals surface area contributed by atoms with Crippen LogP contribution in [0.15, 0.2) is 73.1 Å². The van der Waals surface area contributed by atoms with Gasteiger partial charge >= 0.3 is 0 Å². The van der Waals surface area contributed by atoms with Gasteiger partial charge in [-0.2, -0.15) is 0 Å². The second-order valence-electron chi connectivity index (χ2n) is 7.25. The molecule has 4 rings (SSSR count). The topological polar surface area (TPSA) is 42.1 Å². The van der Waals surface area contributed by atoms with E-state index >= 15 is 0 Å². The lowest BCUT2D eigenvalue weighted by Crippen LogP contribution is -2.23. The highest BCUT2D eigenvalue weighted by Gasteiger charge is 2.32. The Morgan fingerprint density at radius 1 is 0.964 bits per heavy atom. The summed E-state index contributed by atoms with van der Waals surface area (Å²) in [5.74, 6) is 0.665. The molecular formula is C23H25ClFN3. The highest BCUT2D eigenvalue weighted by molar-refractivity contribution is 5.85. The van der Waals surface area contributed by atoms with E-state index in [1.54, 1.807) is 18.5 Å². The fraction of sp³-hybridized carbons (Fsp3) is 0.261. The van der Waals surface area contributed by atoms with E-state index in [0.29, 0.717) is 24.9 Å². The number of nitrogens with zero attached hydrogens (tertiary/aromatic N) is 2. The van der Waals surface area contributed by atoms with Crippen molar-refractivity contribution in [1.82, 2.24) is 9.88 Å². The van der Waals surface area contributed by atoms with Crippen molar-refractivity contribution in [3.05, 3.63) is 90.0 Å². The standard InChI is InChI=1S/C23H24FN3.ClH/c24-23-12-19(17-8-10-26-11-9-17)6-7-20(23)14-27-15-21(13-25)22(16-27)18-4-2-1-3-5-18;/h1-12,21-22H,13-16,25H2;1H/t21-,22+;/m1./s1. The van der Waals surface area contributed by atoms with Crippen molar-refractivity contribution in [3.63, 3.8) is 0 Å². The largest absolute Gasteiger partial charge is 0.330 e. The van der Waals surface area contributed by atoms with E-state index in [1.807, 2.05) is 30.3 Å². The van der Waals surface area contributed by atoms with Gasteiger partial charge in [0.2, 0.25) is 0 Å². The van der Waals surface area contributed by atoms with Crippen molar-refractivity contribution in [2.75, 3.05) is 19.6 Å². The van der Waals surface area contributed by atoms with Gasteiger partial charge in [0, 0.05) is 43.5 Å². The highest BCUT2D eigenvalue weighted by atomic mass is 35.5. The molecule has 3 aromatic rings. The van der Waals surface area contributed by atoms with E-state index in [9.17, 15) is 4.39 Å². The van der Waals surface area contributed by atoms with Crippen molar-refractivity contribution in [2.24, 2.45) is 11.7 Å². The molecular weight excluding hydrogens is 373 g/mol. The summed E-state index contributed by atoms with van der Waals surface area (Å²) in [6.07, 6.45) is 3.45. The first-order valence-corrected chi connectivity index (χ1v) is 9.41. The smallest absolute Gasteiger partial charge is 0.128 e. The summed E-state index contributed by atoms with van der Waals surface area (Å²) in [7, 11) is 0. The Bertz CT molecular complexity index is 889. The molecule has 3 nitrogen and oxygen atoms in total. The normalized spacial score (nSPS) is 19.4. The van der Waals surface area contributed by atoms with Gasteiger partial charge in [-0.25, -0.2) is 4.39 Å². The summed E-state index contributed by atoms with van der Waals surface area (Å²) < 4.78 is 14.7. The Morgan fingerprint density at radius 3 is 2.39 bits per heavy atom. The van der Waals surface area contributed by atoms with E-state index < -0.39 is 0 Å². The van der Waals surface area contributed by atoms with Crippen molar-refractivity contribution < 1.29 is 4.39 Å². The zero-order chi connectivity index (χ0) is 18.6. The third kappa shape index (κ3) is 4.41. The minimum atomic E-state index is -0.156. The van der Waals surface area contributed by atoms with Crippen LogP contribution in [0.25, 0.3) is 11.1 Å². The number of rotatable bonds is 5. The second kappa shape index (κ2) is 9.28. The van der Waals surface area contributed by atoms with Crippen molar-refractivity contribution >= 4 is 12.4 Å². The van der Waals surface area contributed by atoms with Crippen LogP contribution >= 0.6 is 12.4 Å². The van der Waals surface area contributed by atoms with Crippen LogP contribution in [-0.4, -0.2) is 29.5 Å². The van der Waals surface area contributed by atoms with Crippen LogP contribution in [0.2, 0.25) is 0 Å². The van der Waals surface area contributed by atoms with Gasteiger partial charge in [-0.15, -0.1) is 12.4 Å². The molecule has 1 aliphatic heterocycles. The van der Waals surface area contributed by atoms with Crippen molar-refractivity contribution in [1.29, 1.82) is 0 Å². The van der Waals surface area contributed by atoms with E-state index in [2.05, 4.69) is 34.1 Å². The summed E-state index contributed by atoms with van der Waals surface area (Å²) in [6.45, 7) is 3.08. The third-order valence-corrected chi connectivity index (χ3v) is 5.51. The number of pyridine rings is 1. The molecule has 2 heterocycles. The molecule has 1 saturated heterocycles. The number of hydrogen-bond donors (Lipinski definition) is 1. The first-order valence-electron chi connectivity index (χ1n) is 9.41. The Kier molecular flexibility index (Phi) is 6.79. The summed E-state index contributed by atoms with van der Waals surface area (Å²) in [5.41, 5.74) is 9.93. The number of halogens is 2. The number of likely N-dealkylation sites (tertiary alicyclic amines) is 1. The number of nitrogens with two attached hydrogens (primary N) is 1. The molecule has 2 N–H and O–H groups in total. The Hall–Kier alpha value is -2.27. The Morgan fingerprint density at radius 2 is 1.71 bits per heavy atom. The van der Waals surface area contributed by atoms with Gasteiger partial charge < -0.3 is 5.73 Å². The summed E-state index contributed by atoms with van der Waals surface area (Å²) in [4.78, 5) is 6.34. The van der Waals surface area contributed by atoms with Crippen LogP contribution < -0.4 is 5.73 Å². The molecule has 0 amide bonds. The molecule has 146 valence electrons. The lowest BCUT2D eigenvalue weighted by molar-refractivity contribution is 0.311.